The molecular formula is C19H21FN4O3. The van der Waals surface area contributed by atoms with Gasteiger partial charge in [0.05, 0.1) is 0 Å². The van der Waals surface area contributed by atoms with Gasteiger partial charge < -0.3 is 15.6 Å². The lowest BCUT2D eigenvalue weighted by atomic mass is 10.1. The van der Waals surface area contributed by atoms with Gasteiger partial charge in [0.25, 0.3) is 5.91 Å². The van der Waals surface area contributed by atoms with Gasteiger partial charge in [0, 0.05) is 36.6 Å². The highest BCUT2D eigenvalue weighted by atomic mass is 19.1. The summed E-state index contributed by atoms with van der Waals surface area (Å²) >= 11 is 0. The number of urea groups is 1. The molecule has 0 aliphatic carbocycles. The quantitative estimate of drug-likeness (QED) is 0.488. The van der Waals surface area contributed by atoms with E-state index in [4.69, 9.17) is 0 Å². The normalized spacial score (nSPS) is 16.6. The number of H-pyrrole nitrogens is 1. The summed E-state index contributed by atoms with van der Waals surface area (Å²) < 4.78 is 13.5. The van der Waals surface area contributed by atoms with E-state index in [1.165, 1.54) is 12.1 Å². The maximum atomic E-state index is 13.5. The summed E-state index contributed by atoms with van der Waals surface area (Å²) in [5, 5.41) is 5.97. The molecule has 8 heteroatoms. The third-order valence-electron chi connectivity index (χ3n) is 4.54. The summed E-state index contributed by atoms with van der Waals surface area (Å²) in [5.74, 6) is -0.883. The van der Waals surface area contributed by atoms with Crippen molar-refractivity contribution in [2.24, 2.45) is 0 Å². The fourth-order valence-electron chi connectivity index (χ4n) is 3.12. The minimum atomic E-state index is -0.701. The van der Waals surface area contributed by atoms with Gasteiger partial charge in [-0.15, -0.1) is 6.58 Å². The van der Waals surface area contributed by atoms with Crippen LogP contribution in [0.2, 0.25) is 0 Å². The summed E-state index contributed by atoms with van der Waals surface area (Å²) in [6.07, 6.45) is 4.11. The van der Waals surface area contributed by atoms with Crippen LogP contribution in [0.1, 0.15) is 18.4 Å². The van der Waals surface area contributed by atoms with Crippen molar-refractivity contribution in [3.05, 3.63) is 48.4 Å². The molecule has 1 fully saturated rings. The number of benzene rings is 1. The number of nitrogens with zero attached hydrogens (tertiary/aromatic N) is 1. The predicted octanol–water partition coefficient (Wildman–Crippen LogP) is 1.85. The highest BCUT2D eigenvalue weighted by Gasteiger charge is 2.37. The van der Waals surface area contributed by atoms with Crippen LogP contribution in [0.4, 0.5) is 9.18 Å². The Morgan fingerprint density at radius 3 is 2.96 bits per heavy atom. The first-order valence-electron chi connectivity index (χ1n) is 8.74. The zero-order valence-electron chi connectivity index (χ0n) is 14.8. The van der Waals surface area contributed by atoms with Crippen molar-refractivity contribution in [1.29, 1.82) is 0 Å². The first-order chi connectivity index (χ1) is 13.0. The van der Waals surface area contributed by atoms with Crippen molar-refractivity contribution >= 4 is 28.7 Å². The number of carbonyl (C=O) groups is 3. The number of aromatic amines is 1. The zero-order valence-corrected chi connectivity index (χ0v) is 14.8. The van der Waals surface area contributed by atoms with E-state index < -0.39 is 12.1 Å². The number of hydrogen-bond donors (Lipinski definition) is 3. The number of rotatable bonds is 8. The highest BCUT2D eigenvalue weighted by Crippen LogP contribution is 2.21. The Hall–Kier alpha value is -3.16. The molecule has 2 heterocycles. The molecule has 1 aromatic carbocycles. The first kappa shape index (κ1) is 18.6. The molecule has 27 heavy (non-hydrogen) atoms. The van der Waals surface area contributed by atoms with Crippen LogP contribution < -0.4 is 10.6 Å². The predicted molar refractivity (Wildman–Crippen MR) is 98.4 cm³/mol. The molecule has 1 aliphatic heterocycles. The third-order valence-corrected chi connectivity index (χ3v) is 4.54. The molecule has 4 amide bonds. The van der Waals surface area contributed by atoms with E-state index in [0.29, 0.717) is 13.0 Å². The third kappa shape index (κ3) is 4.16. The topological polar surface area (TPSA) is 94.3 Å². The lowest BCUT2D eigenvalue weighted by Gasteiger charge is -2.12. The van der Waals surface area contributed by atoms with Gasteiger partial charge in [-0.2, -0.15) is 0 Å². The van der Waals surface area contributed by atoms with Crippen molar-refractivity contribution in [3.8, 4) is 0 Å². The van der Waals surface area contributed by atoms with Gasteiger partial charge in [-0.25, -0.2) is 9.18 Å². The van der Waals surface area contributed by atoms with Crippen LogP contribution in [-0.4, -0.2) is 46.9 Å². The molecule has 142 valence electrons. The van der Waals surface area contributed by atoms with Crippen LogP contribution in [0.5, 0.6) is 0 Å². The van der Waals surface area contributed by atoms with Crippen molar-refractivity contribution in [3.63, 3.8) is 0 Å². The SMILES string of the molecule is C=CCNC(=O)CC[C@H]1NC(=O)N(CCc2c[nH]c3ccc(F)cc23)C1=O. The van der Waals surface area contributed by atoms with Crippen LogP contribution in [0.25, 0.3) is 10.9 Å². The van der Waals surface area contributed by atoms with Gasteiger partial charge in [0.15, 0.2) is 0 Å². The van der Waals surface area contributed by atoms with Crippen molar-refractivity contribution in [1.82, 2.24) is 20.5 Å². The number of imide groups is 1. The Morgan fingerprint density at radius 1 is 1.37 bits per heavy atom. The Balaban J connectivity index is 1.58. The average molecular weight is 372 g/mol. The molecule has 0 bridgehead atoms. The van der Waals surface area contributed by atoms with E-state index in [9.17, 15) is 18.8 Å². The number of amides is 4. The summed E-state index contributed by atoms with van der Waals surface area (Å²) in [5.41, 5.74) is 1.63. The number of fused-ring (bicyclic) bond motifs is 1. The Kier molecular flexibility index (Phi) is 5.54. The van der Waals surface area contributed by atoms with E-state index in [1.807, 2.05) is 0 Å². The van der Waals surface area contributed by atoms with Gasteiger partial charge in [0.2, 0.25) is 5.91 Å². The van der Waals surface area contributed by atoms with E-state index >= 15 is 0 Å². The van der Waals surface area contributed by atoms with Crippen molar-refractivity contribution < 1.29 is 18.8 Å². The molecule has 1 atom stereocenters. The largest absolute Gasteiger partial charge is 0.361 e. The van der Waals surface area contributed by atoms with Gasteiger partial charge >= 0.3 is 6.03 Å². The molecule has 1 aliphatic rings. The van der Waals surface area contributed by atoms with Crippen LogP contribution in [0, 0.1) is 5.82 Å². The summed E-state index contributed by atoms with van der Waals surface area (Å²) in [6, 6.07) is 3.28. The Morgan fingerprint density at radius 2 is 2.19 bits per heavy atom. The molecule has 0 saturated carbocycles. The molecule has 3 rings (SSSR count). The maximum absolute atomic E-state index is 13.5. The lowest BCUT2D eigenvalue weighted by molar-refractivity contribution is -0.127. The summed E-state index contributed by atoms with van der Waals surface area (Å²) in [4.78, 5) is 40.4. The highest BCUT2D eigenvalue weighted by molar-refractivity contribution is 6.04. The molecule has 0 radical (unpaired) electrons. The molecular weight excluding hydrogens is 351 g/mol. The fourth-order valence-corrected chi connectivity index (χ4v) is 3.12. The molecule has 1 saturated heterocycles. The molecule has 0 spiro atoms. The van der Waals surface area contributed by atoms with Crippen molar-refractivity contribution in [2.45, 2.75) is 25.3 Å². The van der Waals surface area contributed by atoms with Gasteiger partial charge in [-0.3, -0.25) is 14.5 Å². The minimum Gasteiger partial charge on any atom is -0.361 e. The van der Waals surface area contributed by atoms with Crippen LogP contribution in [0.15, 0.2) is 37.1 Å². The number of nitrogens with one attached hydrogen (secondary N) is 3. The Labute approximate surface area is 155 Å². The van der Waals surface area contributed by atoms with E-state index in [1.54, 1.807) is 18.3 Å². The summed E-state index contributed by atoms with van der Waals surface area (Å²) in [6.45, 7) is 4.06. The van der Waals surface area contributed by atoms with E-state index in [0.717, 1.165) is 21.4 Å². The van der Waals surface area contributed by atoms with Crippen LogP contribution >= 0.6 is 0 Å². The number of carbonyl (C=O) groups excluding carboxylic acids is 3. The smallest absolute Gasteiger partial charge is 0.324 e. The lowest BCUT2D eigenvalue weighted by Crippen LogP contribution is -2.34. The van der Waals surface area contributed by atoms with Gasteiger partial charge in [-0.1, -0.05) is 6.08 Å². The fraction of sp³-hybridized carbons (Fsp3) is 0.316. The van der Waals surface area contributed by atoms with Crippen LogP contribution in [-0.2, 0) is 16.0 Å². The number of hydrogen-bond acceptors (Lipinski definition) is 3. The molecule has 2 aromatic rings. The molecule has 1 aromatic heterocycles. The second kappa shape index (κ2) is 8.03. The molecule has 7 nitrogen and oxygen atoms in total. The average Bonchev–Trinajstić information content (AvgIpc) is 3.16. The number of halogens is 1. The van der Waals surface area contributed by atoms with Gasteiger partial charge in [0.1, 0.15) is 11.9 Å². The summed E-state index contributed by atoms with van der Waals surface area (Å²) in [7, 11) is 0. The second-order valence-corrected chi connectivity index (χ2v) is 6.38. The standard InChI is InChI=1S/C19H21FN4O3/c1-2-8-21-17(25)6-5-16-18(26)24(19(27)23-16)9-7-12-11-22-15-4-3-13(20)10-14(12)15/h2-4,10-11,16,22H,1,5-9H2,(H,21,25)(H,23,27)/t16-/m1/s1. The van der Waals surface area contributed by atoms with Gasteiger partial charge in [-0.05, 0) is 36.6 Å². The molecule has 3 N–H and O–H groups in total. The van der Waals surface area contributed by atoms with Crippen LogP contribution in [0.3, 0.4) is 0 Å². The second-order valence-electron chi connectivity index (χ2n) is 6.38. The van der Waals surface area contributed by atoms with Crippen molar-refractivity contribution in [2.75, 3.05) is 13.1 Å². The zero-order chi connectivity index (χ0) is 19.4. The van der Waals surface area contributed by atoms with E-state index in [-0.39, 0.29) is 37.0 Å². The number of aromatic nitrogens is 1. The first-order valence-corrected chi connectivity index (χ1v) is 8.74. The molecule has 0 unspecified atom stereocenters. The van der Waals surface area contributed by atoms with E-state index in [2.05, 4.69) is 22.2 Å². The monoisotopic (exact) mass is 372 g/mol. The Bertz CT molecular complexity index is 892. The minimum absolute atomic E-state index is 0.139. The maximum Gasteiger partial charge on any atom is 0.324 e.